The lowest BCUT2D eigenvalue weighted by Crippen LogP contribution is -2.53. The van der Waals surface area contributed by atoms with Crippen molar-refractivity contribution < 1.29 is 24.3 Å². The molecule has 1 saturated carbocycles. The Morgan fingerprint density at radius 3 is 2.56 bits per heavy atom. The molecule has 2 fully saturated rings. The van der Waals surface area contributed by atoms with Crippen LogP contribution in [0.5, 0.6) is 5.75 Å². The number of carbonyl (C=O) groups is 1. The van der Waals surface area contributed by atoms with Crippen LogP contribution in [0.1, 0.15) is 42.1 Å². The lowest BCUT2D eigenvalue weighted by molar-refractivity contribution is -0.132. The molecule has 3 aliphatic rings. The van der Waals surface area contributed by atoms with E-state index in [4.69, 9.17) is 44.1 Å². The first-order valence-electron chi connectivity index (χ1n) is 12.3. The maximum Gasteiger partial charge on any atom is 0.337 e. The Balaban J connectivity index is 1.20. The van der Waals surface area contributed by atoms with Gasteiger partial charge in [0, 0.05) is 35.4 Å². The summed E-state index contributed by atoms with van der Waals surface area (Å²) in [5.41, 5.74) is 2.55. The van der Waals surface area contributed by atoms with Gasteiger partial charge in [0.15, 0.2) is 5.72 Å². The number of aliphatic hydroxyl groups is 1. The summed E-state index contributed by atoms with van der Waals surface area (Å²) >= 11 is 19.5. The van der Waals surface area contributed by atoms with Gasteiger partial charge in [-0.3, -0.25) is 4.99 Å². The Kier molecular flexibility index (Phi) is 6.67. The third-order valence-electron chi connectivity index (χ3n) is 6.98. The van der Waals surface area contributed by atoms with Crippen LogP contribution < -0.4 is 10.1 Å². The predicted molar refractivity (Wildman–Crippen MR) is 147 cm³/mol. The third-order valence-corrected chi connectivity index (χ3v) is 7.92. The van der Waals surface area contributed by atoms with E-state index < -0.39 is 11.7 Å². The highest BCUT2D eigenvalue weighted by molar-refractivity contribution is 6.39. The summed E-state index contributed by atoms with van der Waals surface area (Å²) in [6.45, 7) is 0.502. The van der Waals surface area contributed by atoms with E-state index in [1.54, 1.807) is 42.5 Å². The van der Waals surface area contributed by atoms with Crippen LogP contribution in [0.2, 0.25) is 15.1 Å². The monoisotopic (exact) mass is 585 g/mol. The lowest BCUT2D eigenvalue weighted by atomic mass is 9.87. The minimum absolute atomic E-state index is 0.0955. The topological polar surface area (TPSA) is 117 Å². The van der Waals surface area contributed by atoms with E-state index in [9.17, 15) is 15.0 Å². The molecule has 0 amide bonds. The molecule has 1 aromatic heterocycles. The molecule has 3 heterocycles. The Hall–Kier alpha value is -3.30. The molecule has 2 aliphatic heterocycles. The second kappa shape index (κ2) is 10.0. The molecular weight excluding hydrogens is 565 g/mol. The van der Waals surface area contributed by atoms with E-state index in [1.807, 2.05) is 0 Å². The van der Waals surface area contributed by atoms with Crippen molar-refractivity contribution in [1.82, 2.24) is 10.5 Å². The Morgan fingerprint density at radius 2 is 1.90 bits per heavy atom. The molecule has 2 aromatic carbocycles. The summed E-state index contributed by atoms with van der Waals surface area (Å²) in [6, 6.07) is 10.3. The van der Waals surface area contributed by atoms with Gasteiger partial charge in [-0.15, -0.1) is 0 Å². The van der Waals surface area contributed by atoms with Gasteiger partial charge in [0.2, 0.25) is 0 Å². The van der Waals surface area contributed by atoms with Crippen molar-refractivity contribution in [1.29, 1.82) is 0 Å². The molecule has 1 saturated heterocycles. The number of nitrogens with one attached hydrogen (secondary N) is 1. The number of carboxylic acid groups (broad SMARTS) is 1. The quantitative estimate of drug-likeness (QED) is 0.300. The van der Waals surface area contributed by atoms with Crippen molar-refractivity contribution in [2.45, 2.75) is 37.5 Å². The molecule has 3 aromatic rings. The first kappa shape index (κ1) is 26.0. The highest BCUT2D eigenvalue weighted by Gasteiger charge is 2.42. The van der Waals surface area contributed by atoms with E-state index >= 15 is 0 Å². The average Bonchev–Trinajstić information content (AvgIpc) is 3.66. The van der Waals surface area contributed by atoms with Gasteiger partial charge in [-0.25, -0.2) is 4.79 Å². The van der Waals surface area contributed by atoms with Crippen molar-refractivity contribution in [2.75, 3.05) is 6.54 Å². The van der Waals surface area contributed by atoms with Crippen molar-refractivity contribution >= 4 is 47.0 Å². The van der Waals surface area contributed by atoms with Gasteiger partial charge in [-0.05, 0) is 54.8 Å². The zero-order valence-corrected chi connectivity index (χ0v) is 22.6. The standard InChI is InChI=1S/C28H22Cl3N3O5/c29-20-2-1-3-21(30)24(20)25-18(26(39-34-25)14-4-5-14)13-38-17-6-7-19(22(31)9-17)28(37)10-23(33-28)15-8-16(27(35)36)12-32-11-15/h1-3,6-9,12,14,33,37H,4-5,10-11,13H2,(H,35,36). The number of rotatable bonds is 7. The maximum atomic E-state index is 11.3. The fraction of sp³-hybridized carbons (Fsp3) is 0.250. The first-order chi connectivity index (χ1) is 18.7. The van der Waals surface area contributed by atoms with Gasteiger partial charge in [0.1, 0.15) is 23.8 Å². The molecule has 0 bridgehead atoms. The van der Waals surface area contributed by atoms with Gasteiger partial charge in [0.05, 0.1) is 32.7 Å². The van der Waals surface area contributed by atoms with Gasteiger partial charge < -0.3 is 24.8 Å². The largest absolute Gasteiger partial charge is 0.489 e. The van der Waals surface area contributed by atoms with Crippen molar-refractivity contribution in [3.8, 4) is 17.0 Å². The minimum atomic E-state index is -1.39. The Labute approximate surface area is 238 Å². The van der Waals surface area contributed by atoms with Crippen molar-refractivity contribution in [3.05, 3.63) is 91.3 Å². The number of carboxylic acids is 1. The van der Waals surface area contributed by atoms with Crippen LogP contribution in [0.3, 0.4) is 0 Å². The molecule has 0 radical (unpaired) electrons. The Morgan fingerprint density at radius 1 is 1.15 bits per heavy atom. The molecule has 11 heteroatoms. The summed E-state index contributed by atoms with van der Waals surface area (Å²) < 4.78 is 11.8. The van der Waals surface area contributed by atoms with Crippen LogP contribution >= 0.6 is 34.8 Å². The number of aliphatic carboxylic acids is 1. The normalized spacial score (nSPS) is 22.2. The fourth-order valence-corrected chi connectivity index (χ4v) is 5.68. The molecule has 1 atom stereocenters. The van der Waals surface area contributed by atoms with Gasteiger partial charge in [0.25, 0.3) is 0 Å². The van der Waals surface area contributed by atoms with E-state index in [-0.39, 0.29) is 24.5 Å². The summed E-state index contributed by atoms with van der Waals surface area (Å²) in [6.07, 6.45) is 5.16. The highest BCUT2D eigenvalue weighted by atomic mass is 35.5. The fourth-order valence-electron chi connectivity index (χ4n) is 4.78. The van der Waals surface area contributed by atoms with Gasteiger partial charge >= 0.3 is 5.97 Å². The van der Waals surface area contributed by atoms with Crippen LogP contribution in [0.4, 0.5) is 0 Å². The number of halogens is 3. The molecule has 39 heavy (non-hydrogen) atoms. The smallest absolute Gasteiger partial charge is 0.337 e. The zero-order valence-electron chi connectivity index (χ0n) is 20.4. The second-order valence-electron chi connectivity index (χ2n) is 9.72. The maximum absolute atomic E-state index is 11.3. The van der Waals surface area contributed by atoms with Gasteiger partial charge in [-0.1, -0.05) is 46.0 Å². The highest BCUT2D eigenvalue weighted by Crippen LogP contribution is 2.46. The van der Waals surface area contributed by atoms with Crippen molar-refractivity contribution in [3.63, 3.8) is 0 Å². The zero-order chi connectivity index (χ0) is 27.3. The first-order valence-corrected chi connectivity index (χ1v) is 13.4. The molecule has 8 nitrogen and oxygen atoms in total. The summed E-state index contributed by atoms with van der Waals surface area (Å²) in [5, 5.41) is 28.9. The number of aliphatic imine (C=N–C) groups is 1. The number of hydrogen-bond donors (Lipinski definition) is 3. The molecule has 1 unspecified atom stereocenters. The molecule has 0 spiro atoms. The van der Waals surface area contributed by atoms with Crippen LogP contribution in [0.15, 0.2) is 68.8 Å². The molecule has 6 rings (SSSR count). The number of aromatic nitrogens is 1. The number of benzene rings is 2. The molecular formula is C28H22Cl3N3O5. The lowest BCUT2D eigenvalue weighted by Gasteiger charge is -2.43. The number of hydrogen-bond acceptors (Lipinski definition) is 7. The SMILES string of the molecule is O=C(O)C1=CC(=C2CC(O)(c3ccc(OCc4c(-c5c(Cl)cccc5Cl)noc4C4CC4)cc3Cl)N2)CN=C1. The summed E-state index contributed by atoms with van der Waals surface area (Å²) in [4.78, 5) is 15.3. The number of ether oxygens (including phenoxy) is 1. The molecule has 1 aliphatic carbocycles. The molecule has 200 valence electrons. The van der Waals surface area contributed by atoms with Crippen LogP contribution in [0.25, 0.3) is 11.3 Å². The summed E-state index contributed by atoms with van der Waals surface area (Å²) in [7, 11) is 0. The van der Waals surface area contributed by atoms with Crippen LogP contribution in [-0.4, -0.2) is 34.1 Å². The van der Waals surface area contributed by atoms with E-state index in [0.717, 1.165) is 29.9 Å². The van der Waals surface area contributed by atoms with Gasteiger partial charge in [-0.2, -0.15) is 0 Å². The third kappa shape index (κ3) is 4.94. The average molecular weight is 587 g/mol. The second-order valence-corrected chi connectivity index (χ2v) is 10.9. The van der Waals surface area contributed by atoms with E-state index in [1.165, 1.54) is 6.21 Å². The van der Waals surface area contributed by atoms with E-state index in [0.29, 0.717) is 49.8 Å². The number of nitrogens with zero attached hydrogens (tertiary/aromatic N) is 2. The summed E-state index contributed by atoms with van der Waals surface area (Å²) in [5.74, 6) is 0.502. The Bertz CT molecular complexity index is 1560. The minimum Gasteiger partial charge on any atom is -0.489 e. The van der Waals surface area contributed by atoms with E-state index in [2.05, 4.69) is 15.5 Å². The van der Waals surface area contributed by atoms with Crippen LogP contribution in [0, 0.1) is 0 Å². The predicted octanol–water partition coefficient (Wildman–Crippen LogP) is 6.25. The molecule has 3 N–H and O–H groups in total. The van der Waals surface area contributed by atoms with Crippen molar-refractivity contribution in [2.24, 2.45) is 4.99 Å². The number of dihydropyridines is 1. The van der Waals surface area contributed by atoms with Crippen LogP contribution in [-0.2, 0) is 17.1 Å².